The summed E-state index contributed by atoms with van der Waals surface area (Å²) in [5, 5.41) is 3.77. The number of hydrogen-bond donors (Lipinski definition) is 1. The summed E-state index contributed by atoms with van der Waals surface area (Å²) in [6, 6.07) is 5.70. The van der Waals surface area contributed by atoms with Gasteiger partial charge in [0.1, 0.15) is 0 Å². The highest BCUT2D eigenvalue weighted by atomic mass is 15.2. The van der Waals surface area contributed by atoms with Crippen molar-refractivity contribution in [1.29, 1.82) is 0 Å². The Bertz CT molecular complexity index is 418. The van der Waals surface area contributed by atoms with E-state index in [0.29, 0.717) is 6.04 Å². The van der Waals surface area contributed by atoms with Crippen LogP contribution in [0.5, 0.6) is 0 Å². The third kappa shape index (κ3) is 2.82. The van der Waals surface area contributed by atoms with Gasteiger partial charge in [0.15, 0.2) is 0 Å². The molecule has 104 valence electrons. The Hall–Kier alpha value is -0.930. The number of aromatic nitrogens is 1. The van der Waals surface area contributed by atoms with Crippen LogP contribution < -0.4 is 5.32 Å². The Morgan fingerprint density at radius 1 is 1.32 bits per heavy atom. The van der Waals surface area contributed by atoms with Gasteiger partial charge in [-0.15, -0.1) is 0 Å². The molecule has 3 rings (SSSR count). The molecule has 0 saturated carbocycles. The van der Waals surface area contributed by atoms with Crippen LogP contribution in [0.15, 0.2) is 18.3 Å². The minimum atomic E-state index is 0.673. The molecule has 0 aromatic carbocycles. The van der Waals surface area contributed by atoms with E-state index in [1.807, 2.05) is 12.3 Å². The average molecular weight is 259 g/mol. The number of piperidine rings is 1. The minimum absolute atomic E-state index is 0.673. The summed E-state index contributed by atoms with van der Waals surface area (Å²) >= 11 is 0. The lowest BCUT2D eigenvalue weighted by Crippen LogP contribution is -2.44. The molecule has 2 aliphatic rings. The average Bonchev–Trinajstić information content (AvgIpc) is 2.89. The highest BCUT2D eigenvalue weighted by molar-refractivity contribution is 5.19. The maximum absolute atomic E-state index is 4.54. The van der Waals surface area contributed by atoms with Crippen molar-refractivity contribution >= 4 is 0 Å². The molecule has 2 saturated heterocycles. The number of hydrogen-bond acceptors (Lipinski definition) is 3. The van der Waals surface area contributed by atoms with Crippen LogP contribution in [0.4, 0.5) is 0 Å². The van der Waals surface area contributed by atoms with Gasteiger partial charge in [0.2, 0.25) is 0 Å². The van der Waals surface area contributed by atoms with Crippen LogP contribution in [-0.2, 0) is 13.0 Å². The number of nitrogens with one attached hydrogen (secondary N) is 1. The Balaban J connectivity index is 1.60. The van der Waals surface area contributed by atoms with Gasteiger partial charge in [0, 0.05) is 31.4 Å². The monoisotopic (exact) mass is 259 g/mol. The molecule has 1 aromatic rings. The van der Waals surface area contributed by atoms with Crippen LogP contribution in [0, 0.1) is 0 Å². The molecule has 19 heavy (non-hydrogen) atoms. The van der Waals surface area contributed by atoms with E-state index in [0.717, 1.165) is 19.0 Å². The van der Waals surface area contributed by atoms with Crippen LogP contribution in [0.25, 0.3) is 0 Å². The Kier molecular flexibility index (Phi) is 4.14. The third-order valence-corrected chi connectivity index (χ3v) is 4.75. The van der Waals surface area contributed by atoms with E-state index in [9.17, 15) is 0 Å². The number of fused-ring (bicyclic) bond motifs is 1. The van der Waals surface area contributed by atoms with Crippen molar-refractivity contribution in [3.63, 3.8) is 0 Å². The molecule has 0 amide bonds. The second-order valence-electron chi connectivity index (χ2n) is 5.84. The molecule has 1 aromatic heterocycles. The van der Waals surface area contributed by atoms with Gasteiger partial charge >= 0.3 is 0 Å². The predicted octanol–water partition coefficient (Wildman–Crippen LogP) is 2.36. The van der Waals surface area contributed by atoms with Crippen molar-refractivity contribution in [2.24, 2.45) is 0 Å². The first-order valence-electron chi connectivity index (χ1n) is 7.78. The molecule has 0 radical (unpaired) electrons. The molecular weight excluding hydrogens is 234 g/mol. The fourth-order valence-electron chi connectivity index (χ4n) is 3.67. The molecule has 2 atom stereocenters. The molecule has 2 unspecified atom stereocenters. The maximum atomic E-state index is 4.54. The summed E-state index contributed by atoms with van der Waals surface area (Å²) in [6.45, 7) is 5.73. The largest absolute Gasteiger partial charge is 0.307 e. The predicted molar refractivity (Wildman–Crippen MR) is 78.1 cm³/mol. The zero-order valence-electron chi connectivity index (χ0n) is 11.9. The van der Waals surface area contributed by atoms with Crippen LogP contribution in [-0.4, -0.2) is 35.1 Å². The zero-order valence-corrected chi connectivity index (χ0v) is 11.9. The molecular formula is C16H25N3. The number of nitrogens with zero attached hydrogens (tertiary/aromatic N) is 2. The maximum Gasteiger partial charge on any atom is 0.0573 e. The lowest BCUT2D eigenvalue weighted by atomic mass is 9.99. The van der Waals surface area contributed by atoms with Crippen molar-refractivity contribution < 1.29 is 0 Å². The Labute approximate surface area is 116 Å². The van der Waals surface area contributed by atoms with Crippen LogP contribution in [0.2, 0.25) is 0 Å². The smallest absolute Gasteiger partial charge is 0.0573 e. The molecule has 0 bridgehead atoms. The second-order valence-corrected chi connectivity index (χ2v) is 5.84. The molecule has 3 heterocycles. The van der Waals surface area contributed by atoms with E-state index in [2.05, 4.69) is 28.2 Å². The Morgan fingerprint density at radius 2 is 2.26 bits per heavy atom. The van der Waals surface area contributed by atoms with E-state index in [1.54, 1.807) is 0 Å². The summed E-state index contributed by atoms with van der Waals surface area (Å²) in [4.78, 5) is 7.22. The molecule has 3 heteroatoms. The minimum Gasteiger partial charge on any atom is -0.307 e. The van der Waals surface area contributed by atoms with Gasteiger partial charge in [-0.2, -0.15) is 0 Å². The van der Waals surface area contributed by atoms with Crippen molar-refractivity contribution in [3.05, 3.63) is 29.6 Å². The lowest BCUT2D eigenvalue weighted by molar-refractivity contribution is 0.180. The first kappa shape index (κ1) is 13.1. The Morgan fingerprint density at radius 3 is 3.16 bits per heavy atom. The molecule has 1 N–H and O–H groups in total. The topological polar surface area (TPSA) is 28.2 Å². The van der Waals surface area contributed by atoms with Crippen LogP contribution >= 0.6 is 0 Å². The number of pyridine rings is 1. The van der Waals surface area contributed by atoms with E-state index in [-0.39, 0.29) is 0 Å². The van der Waals surface area contributed by atoms with Crippen molar-refractivity contribution in [2.45, 2.75) is 57.7 Å². The van der Waals surface area contributed by atoms with Gasteiger partial charge in [-0.05, 0) is 43.9 Å². The van der Waals surface area contributed by atoms with E-state index < -0.39 is 0 Å². The molecule has 2 aliphatic heterocycles. The normalized spacial score (nSPS) is 27.4. The van der Waals surface area contributed by atoms with Crippen molar-refractivity contribution in [3.8, 4) is 0 Å². The first-order valence-corrected chi connectivity index (χ1v) is 7.78. The molecule has 3 nitrogen and oxygen atoms in total. The van der Waals surface area contributed by atoms with E-state index >= 15 is 0 Å². The second kappa shape index (κ2) is 6.02. The van der Waals surface area contributed by atoms with Gasteiger partial charge in [-0.3, -0.25) is 9.88 Å². The highest BCUT2D eigenvalue weighted by Gasteiger charge is 2.34. The van der Waals surface area contributed by atoms with Gasteiger partial charge in [-0.1, -0.05) is 19.4 Å². The standard InChI is InChI=1S/C16H25N3/c1-2-13-6-5-9-17-15(13)12-18-14-8-11-19-10-4-3-7-16(14)19/h5-6,9,14,16,18H,2-4,7-8,10-12H2,1H3. The summed E-state index contributed by atoms with van der Waals surface area (Å²) in [5.41, 5.74) is 2.62. The van der Waals surface area contributed by atoms with Crippen LogP contribution in [0.3, 0.4) is 0 Å². The van der Waals surface area contributed by atoms with Gasteiger partial charge < -0.3 is 5.32 Å². The number of rotatable bonds is 4. The summed E-state index contributed by atoms with van der Waals surface area (Å²) in [6.07, 6.45) is 8.47. The molecule has 2 fully saturated rings. The lowest BCUT2D eigenvalue weighted by Gasteiger charge is -2.32. The zero-order chi connectivity index (χ0) is 13.1. The highest BCUT2D eigenvalue weighted by Crippen LogP contribution is 2.27. The SMILES string of the molecule is CCc1cccnc1CNC1CCN2CCCCC12. The summed E-state index contributed by atoms with van der Waals surface area (Å²) in [7, 11) is 0. The quantitative estimate of drug-likeness (QED) is 0.899. The van der Waals surface area contributed by atoms with E-state index in [4.69, 9.17) is 0 Å². The fraction of sp³-hybridized carbons (Fsp3) is 0.688. The molecule has 0 aliphatic carbocycles. The van der Waals surface area contributed by atoms with Gasteiger partial charge in [-0.25, -0.2) is 0 Å². The van der Waals surface area contributed by atoms with Gasteiger partial charge in [0.05, 0.1) is 5.69 Å². The third-order valence-electron chi connectivity index (χ3n) is 4.75. The first-order chi connectivity index (χ1) is 9.38. The van der Waals surface area contributed by atoms with E-state index in [1.165, 1.54) is 50.0 Å². The molecule has 0 spiro atoms. The summed E-state index contributed by atoms with van der Waals surface area (Å²) < 4.78 is 0. The summed E-state index contributed by atoms with van der Waals surface area (Å²) in [5.74, 6) is 0. The number of aryl methyl sites for hydroxylation is 1. The van der Waals surface area contributed by atoms with Crippen molar-refractivity contribution in [1.82, 2.24) is 15.2 Å². The van der Waals surface area contributed by atoms with Crippen LogP contribution in [0.1, 0.15) is 43.9 Å². The van der Waals surface area contributed by atoms with Crippen molar-refractivity contribution in [2.75, 3.05) is 13.1 Å². The fourth-order valence-corrected chi connectivity index (χ4v) is 3.67. The van der Waals surface area contributed by atoms with Gasteiger partial charge in [0.25, 0.3) is 0 Å².